The van der Waals surface area contributed by atoms with Crippen LogP contribution in [0, 0.1) is 18.3 Å². The van der Waals surface area contributed by atoms with E-state index < -0.39 is 0 Å². The van der Waals surface area contributed by atoms with Gasteiger partial charge in [-0.25, -0.2) is 0 Å². The molecule has 0 bridgehead atoms. The fourth-order valence-corrected chi connectivity index (χ4v) is 3.65. The number of rotatable bonds is 9. The van der Waals surface area contributed by atoms with E-state index in [9.17, 15) is 10.1 Å². The molecule has 0 heterocycles. The minimum Gasteiger partial charge on any atom is -0.493 e. The van der Waals surface area contributed by atoms with Crippen LogP contribution in [0.25, 0.3) is 11.6 Å². The average molecular weight is 493 g/mol. The van der Waals surface area contributed by atoms with E-state index in [1.165, 1.54) is 14.2 Å². The van der Waals surface area contributed by atoms with E-state index in [0.29, 0.717) is 39.6 Å². The normalized spacial score (nSPS) is 10.8. The molecule has 0 aliphatic heterocycles. The highest BCUT2D eigenvalue weighted by molar-refractivity contribution is 6.32. The van der Waals surface area contributed by atoms with Gasteiger partial charge in [-0.1, -0.05) is 23.7 Å². The fourth-order valence-electron chi connectivity index (χ4n) is 3.37. The van der Waals surface area contributed by atoms with Gasteiger partial charge in [0.05, 0.1) is 38.0 Å². The Bertz CT molecular complexity index is 1300. The minimum absolute atomic E-state index is 0.232. The van der Waals surface area contributed by atoms with Crippen LogP contribution in [0.4, 0.5) is 5.69 Å². The molecule has 7 nitrogen and oxygen atoms in total. The van der Waals surface area contributed by atoms with Crippen molar-refractivity contribution in [1.82, 2.24) is 0 Å². The summed E-state index contributed by atoms with van der Waals surface area (Å²) in [7, 11) is 4.54. The number of benzene rings is 3. The van der Waals surface area contributed by atoms with Crippen LogP contribution < -0.4 is 24.3 Å². The molecular formula is C27H25ClN2O5. The summed E-state index contributed by atoms with van der Waals surface area (Å²) >= 11 is 6.45. The van der Waals surface area contributed by atoms with Gasteiger partial charge in [0.15, 0.2) is 29.6 Å². The standard InChI is InChI=1S/C27H25ClN2O5/c1-17-6-5-7-21(10-17)30-26(31)16-35-27-22(28)12-18(13-25(27)34-4)11-20(15-29)19-8-9-23(32-2)24(14-19)33-3/h5-14H,16H2,1-4H3,(H,30,31)/b20-11+. The first-order chi connectivity index (χ1) is 16.9. The lowest BCUT2D eigenvalue weighted by atomic mass is 10.0. The molecule has 0 aromatic heterocycles. The molecule has 0 spiro atoms. The quantitative estimate of drug-likeness (QED) is 0.302. The highest BCUT2D eigenvalue weighted by Gasteiger charge is 2.15. The zero-order valence-electron chi connectivity index (χ0n) is 19.8. The summed E-state index contributed by atoms with van der Waals surface area (Å²) < 4.78 is 21.7. The Morgan fingerprint density at radius 3 is 2.40 bits per heavy atom. The van der Waals surface area contributed by atoms with Gasteiger partial charge in [-0.05, 0) is 72.2 Å². The van der Waals surface area contributed by atoms with Gasteiger partial charge >= 0.3 is 0 Å². The van der Waals surface area contributed by atoms with Crippen molar-refractivity contribution in [2.45, 2.75) is 6.92 Å². The first-order valence-electron chi connectivity index (χ1n) is 10.6. The SMILES string of the molecule is COc1ccc(/C(C#N)=C/c2cc(Cl)c(OCC(=O)Nc3cccc(C)c3)c(OC)c2)cc1OC. The number of methoxy groups -OCH3 is 3. The molecule has 0 saturated heterocycles. The third-order valence-corrected chi connectivity index (χ3v) is 5.31. The number of nitrogens with zero attached hydrogens (tertiary/aromatic N) is 1. The van der Waals surface area contributed by atoms with Crippen LogP contribution in [0.2, 0.25) is 5.02 Å². The summed E-state index contributed by atoms with van der Waals surface area (Å²) in [6.45, 7) is 1.68. The number of anilines is 1. The van der Waals surface area contributed by atoms with E-state index in [1.807, 2.05) is 25.1 Å². The number of carbonyl (C=O) groups excluding carboxylic acids is 1. The van der Waals surface area contributed by atoms with Crippen molar-refractivity contribution in [2.75, 3.05) is 33.3 Å². The van der Waals surface area contributed by atoms with Gasteiger partial charge < -0.3 is 24.3 Å². The molecule has 3 aromatic carbocycles. The lowest BCUT2D eigenvalue weighted by Crippen LogP contribution is -2.20. The predicted octanol–water partition coefficient (Wildman–Crippen LogP) is 5.76. The summed E-state index contributed by atoms with van der Waals surface area (Å²) in [6, 6.07) is 18.2. The van der Waals surface area contributed by atoms with E-state index in [2.05, 4.69) is 11.4 Å². The number of hydrogen-bond acceptors (Lipinski definition) is 6. The molecule has 3 aromatic rings. The monoisotopic (exact) mass is 492 g/mol. The maximum Gasteiger partial charge on any atom is 0.262 e. The van der Waals surface area contributed by atoms with Crippen molar-refractivity contribution in [3.63, 3.8) is 0 Å². The first-order valence-corrected chi connectivity index (χ1v) is 11.0. The molecular weight excluding hydrogens is 468 g/mol. The molecule has 0 saturated carbocycles. The summed E-state index contributed by atoms with van der Waals surface area (Å²) in [6.07, 6.45) is 1.67. The second kappa shape index (κ2) is 11.8. The number of hydrogen-bond donors (Lipinski definition) is 1. The Morgan fingerprint density at radius 2 is 1.74 bits per heavy atom. The molecule has 3 rings (SSSR count). The van der Waals surface area contributed by atoms with Gasteiger partial charge in [0.2, 0.25) is 0 Å². The lowest BCUT2D eigenvalue weighted by Gasteiger charge is -2.14. The Labute approximate surface area is 209 Å². The molecule has 35 heavy (non-hydrogen) atoms. The zero-order chi connectivity index (χ0) is 25.4. The predicted molar refractivity (Wildman–Crippen MR) is 136 cm³/mol. The highest BCUT2D eigenvalue weighted by atomic mass is 35.5. The summed E-state index contributed by atoms with van der Waals surface area (Å²) in [4.78, 5) is 12.3. The molecule has 0 atom stereocenters. The van der Waals surface area contributed by atoms with E-state index in [0.717, 1.165) is 5.56 Å². The van der Waals surface area contributed by atoms with E-state index in [-0.39, 0.29) is 23.3 Å². The second-order valence-corrected chi connectivity index (χ2v) is 7.89. The molecule has 1 N–H and O–H groups in total. The number of carbonyl (C=O) groups is 1. The minimum atomic E-state index is -0.335. The van der Waals surface area contributed by atoms with Crippen molar-refractivity contribution >= 4 is 34.8 Å². The Balaban J connectivity index is 1.81. The molecule has 8 heteroatoms. The summed E-state index contributed by atoms with van der Waals surface area (Å²) in [5.41, 5.74) is 3.36. The van der Waals surface area contributed by atoms with Gasteiger partial charge in [-0.15, -0.1) is 0 Å². The Morgan fingerprint density at radius 1 is 1.00 bits per heavy atom. The number of nitriles is 1. The smallest absolute Gasteiger partial charge is 0.262 e. The maximum atomic E-state index is 12.3. The van der Waals surface area contributed by atoms with Gasteiger partial charge in [-0.3, -0.25) is 4.79 Å². The van der Waals surface area contributed by atoms with Gasteiger partial charge in [0.25, 0.3) is 5.91 Å². The average Bonchev–Trinajstić information content (AvgIpc) is 2.85. The van der Waals surface area contributed by atoms with Crippen molar-refractivity contribution in [3.8, 4) is 29.1 Å². The van der Waals surface area contributed by atoms with Crippen molar-refractivity contribution in [1.29, 1.82) is 5.26 Å². The number of amides is 1. The van der Waals surface area contributed by atoms with Crippen LogP contribution in [-0.2, 0) is 4.79 Å². The number of ether oxygens (including phenoxy) is 4. The molecule has 0 radical (unpaired) electrons. The van der Waals surface area contributed by atoms with Gasteiger partial charge in [0, 0.05) is 5.69 Å². The first kappa shape index (κ1) is 25.5. The molecule has 0 fully saturated rings. The second-order valence-electron chi connectivity index (χ2n) is 7.48. The van der Waals surface area contributed by atoms with Crippen molar-refractivity contribution in [2.24, 2.45) is 0 Å². The lowest BCUT2D eigenvalue weighted by molar-refractivity contribution is -0.118. The Kier molecular flexibility index (Phi) is 8.60. The van der Waals surface area contributed by atoms with Crippen LogP contribution in [0.15, 0.2) is 54.6 Å². The zero-order valence-corrected chi connectivity index (χ0v) is 20.6. The third kappa shape index (κ3) is 6.46. The largest absolute Gasteiger partial charge is 0.493 e. The molecule has 0 aliphatic rings. The molecule has 0 aliphatic carbocycles. The highest BCUT2D eigenvalue weighted by Crippen LogP contribution is 2.38. The summed E-state index contributed by atoms with van der Waals surface area (Å²) in [5.74, 6) is 1.30. The molecule has 1 amide bonds. The van der Waals surface area contributed by atoms with Crippen LogP contribution >= 0.6 is 11.6 Å². The van der Waals surface area contributed by atoms with Gasteiger partial charge in [0.1, 0.15) is 0 Å². The summed E-state index contributed by atoms with van der Waals surface area (Å²) in [5, 5.41) is 12.8. The van der Waals surface area contributed by atoms with Crippen LogP contribution in [-0.4, -0.2) is 33.8 Å². The van der Waals surface area contributed by atoms with Crippen molar-refractivity contribution in [3.05, 3.63) is 76.3 Å². The Hall–Kier alpha value is -4.15. The van der Waals surface area contributed by atoms with E-state index >= 15 is 0 Å². The van der Waals surface area contributed by atoms with Crippen LogP contribution in [0.1, 0.15) is 16.7 Å². The third-order valence-electron chi connectivity index (χ3n) is 5.03. The topological polar surface area (TPSA) is 89.8 Å². The number of halogens is 1. The molecule has 0 unspecified atom stereocenters. The van der Waals surface area contributed by atoms with Crippen LogP contribution in [0.5, 0.6) is 23.0 Å². The fraction of sp³-hybridized carbons (Fsp3) is 0.185. The van der Waals surface area contributed by atoms with Gasteiger partial charge in [-0.2, -0.15) is 5.26 Å². The number of nitrogens with one attached hydrogen (secondary N) is 1. The molecule has 180 valence electrons. The van der Waals surface area contributed by atoms with Crippen LogP contribution in [0.3, 0.4) is 0 Å². The number of allylic oxidation sites excluding steroid dienone is 1. The maximum absolute atomic E-state index is 12.3. The van der Waals surface area contributed by atoms with E-state index in [4.69, 9.17) is 30.5 Å². The number of aryl methyl sites for hydroxylation is 1. The van der Waals surface area contributed by atoms with Crippen molar-refractivity contribution < 1.29 is 23.7 Å². The van der Waals surface area contributed by atoms with E-state index in [1.54, 1.807) is 49.6 Å².